The van der Waals surface area contributed by atoms with Crippen LogP contribution in [-0.4, -0.2) is 62.6 Å². The summed E-state index contributed by atoms with van der Waals surface area (Å²) in [6.45, 7) is 10.4. The molecule has 2 atom stereocenters. The summed E-state index contributed by atoms with van der Waals surface area (Å²) in [5, 5.41) is 3.22. The molecule has 0 radical (unpaired) electrons. The van der Waals surface area contributed by atoms with E-state index in [9.17, 15) is 8.42 Å². The number of hydrogen-bond acceptors (Lipinski definition) is 5. The van der Waals surface area contributed by atoms with Crippen LogP contribution >= 0.6 is 11.8 Å². The van der Waals surface area contributed by atoms with Gasteiger partial charge in [-0.15, -0.1) is 0 Å². The van der Waals surface area contributed by atoms with Crippen molar-refractivity contribution >= 4 is 21.6 Å². The molecule has 126 valence electrons. The zero-order valence-corrected chi connectivity index (χ0v) is 15.7. The van der Waals surface area contributed by atoms with Crippen molar-refractivity contribution in [1.82, 2.24) is 10.2 Å². The molecule has 1 saturated heterocycles. The van der Waals surface area contributed by atoms with Gasteiger partial charge in [-0.1, -0.05) is 27.2 Å². The van der Waals surface area contributed by atoms with E-state index in [1.165, 1.54) is 6.26 Å². The molecule has 21 heavy (non-hydrogen) atoms. The minimum atomic E-state index is -3.00. The fourth-order valence-electron chi connectivity index (χ4n) is 3.07. The lowest BCUT2D eigenvalue weighted by molar-refractivity contribution is 0.146. The maximum atomic E-state index is 12.0. The number of hydrogen-bond donors (Lipinski definition) is 1. The Bertz CT molecular complexity index is 400. The zero-order chi connectivity index (χ0) is 15.9. The highest BCUT2D eigenvalue weighted by atomic mass is 32.2. The normalized spacial score (nSPS) is 23.9. The molecule has 0 aromatic rings. The summed E-state index contributed by atoms with van der Waals surface area (Å²) in [5.74, 6) is 1.75. The molecule has 0 aromatic carbocycles. The van der Waals surface area contributed by atoms with Crippen LogP contribution in [-0.2, 0) is 9.84 Å². The first kappa shape index (κ1) is 19.3. The fraction of sp³-hybridized carbons (Fsp3) is 1.00. The highest BCUT2D eigenvalue weighted by Gasteiger charge is 2.35. The van der Waals surface area contributed by atoms with E-state index in [1.54, 1.807) is 11.8 Å². The van der Waals surface area contributed by atoms with E-state index < -0.39 is 9.84 Å². The van der Waals surface area contributed by atoms with Gasteiger partial charge in [0.05, 0.1) is 0 Å². The molecular formula is C15H32N2O2S2. The van der Waals surface area contributed by atoms with E-state index in [-0.39, 0.29) is 10.8 Å². The van der Waals surface area contributed by atoms with Crippen LogP contribution < -0.4 is 5.32 Å². The van der Waals surface area contributed by atoms with Crippen molar-refractivity contribution in [2.75, 3.05) is 43.9 Å². The number of rotatable bonds is 9. The molecule has 1 aliphatic heterocycles. The Kier molecular flexibility index (Phi) is 8.03. The molecule has 4 nitrogen and oxygen atoms in total. The van der Waals surface area contributed by atoms with Crippen LogP contribution in [0.5, 0.6) is 0 Å². The number of nitrogens with one attached hydrogen (secondary N) is 1. The summed E-state index contributed by atoms with van der Waals surface area (Å²) >= 11 is 1.76. The first-order valence-corrected chi connectivity index (χ1v) is 11.1. The topological polar surface area (TPSA) is 49.4 Å². The predicted molar refractivity (Wildman–Crippen MR) is 93.7 cm³/mol. The molecule has 0 spiro atoms. The molecule has 0 bridgehead atoms. The molecule has 6 heteroatoms. The largest absolute Gasteiger partial charge is 0.316 e. The minimum Gasteiger partial charge on any atom is -0.316 e. The predicted octanol–water partition coefficient (Wildman–Crippen LogP) is 2.21. The van der Waals surface area contributed by atoms with Gasteiger partial charge in [-0.05, 0) is 24.8 Å². The monoisotopic (exact) mass is 336 g/mol. The van der Waals surface area contributed by atoms with Gasteiger partial charge in [0, 0.05) is 37.4 Å². The Hall–Kier alpha value is 0.220. The van der Waals surface area contributed by atoms with Gasteiger partial charge in [0.15, 0.2) is 9.84 Å². The van der Waals surface area contributed by atoms with Gasteiger partial charge in [0.25, 0.3) is 0 Å². The average molecular weight is 337 g/mol. The number of thioether (sulfide) groups is 1. The summed E-state index contributed by atoms with van der Waals surface area (Å²) in [7, 11) is -3.00. The van der Waals surface area contributed by atoms with E-state index in [0.29, 0.717) is 5.75 Å². The van der Waals surface area contributed by atoms with Crippen molar-refractivity contribution in [2.45, 2.75) is 45.4 Å². The lowest BCUT2D eigenvalue weighted by Gasteiger charge is -2.41. The first-order valence-electron chi connectivity index (χ1n) is 8.04. The Morgan fingerprint density at radius 2 is 2.05 bits per heavy atom. The standard InChI is InChI=1S/C15H32N2O2S2/c1-5-7-15(3,12-16-8-6-2)13-17-9-10-20-11-14(17)21(4,18)19/h14,16H,5-13H2,1-4H3. The molecule has 1 heterocycles. The Balaban J connectivity index is 2.74. The van der Waals surface area contributed by atoms with Crippen molar-refractivity contribution < 1.29 is 8.42 Å². The molecule has 2 unspecified atom stereocenters. The average Bonchev–Trinajstić information content (AvgIpc) is 2.38. The summed E-state index contributed by atoms with van der Waals surface area (Å²) in [6, 6.07) is 0. The zero-order valence-electron chi connectivity index (χ0n) is 14.0. The molecule has 1 fully saturated rings. The Morgan fingerprint density at radius 3 is 2.62 bits per heavy atom. The van der Waals surface area contributed by atoms with E-state index in [2.05, 4.69) is 31.0 Å². The third kappa shape index (κ3) is 6.47. The Morgan fingerprint density at radius 1 is 1.33 bits per heavy atom. The molecular weight excluding hydrogens is 304 g/mol. The Labute approximate surface area is 135 Å². The molecule has 0 aromatic heterocycles. The second kappa shape index (κ2) is 8.75. The van der Waals surface area contributed by atoms with Gasteiger partial charge in [-0.25, -0.2) is 8.42 Å². The van der Waals surface area contributed by atoms with Gasteiger partial charge < -0.3 is 5.32 Å². The third-order valence-electron chi connectivity index (χ3n) is 4.10. The molecule has 1 N–H and O–H groups in total. The lowest BCUT2D eigenvalue weighted by Crippen LogP contribution is -2.52. The first-order chi connectivity index (χ1) is 9.82. The summed E-state index contributed by atoms with van der Waals surface area (Å²) in [6.07, 6.45) is 4.78. The lowest BCUT2D eigenvalue weighted by atomic mass is 9.84. The van der Waals surface area contributed by atoms with Crippen LogP contribution in [0.1, 0.15) is 40.0 Å². The highest BCUT2D eigenvalue weighted by Crippen LogP contribution is 2.29. The van der Waals surface area contributed by atoms with E-state index in [4.69, 9.17) is 0 Å². The van der Waals surface area contributed by atoms with Gasteiger partial charge in [0.2, 0.25) is 0 Å². The second-order valence-corrected chi connectivity index (χ2v) is 9.92. The summed E-state index contributed by atoms with van der Waals surface area (Å²) < 4.78 is 24.1. The smallest absolute Gasteiger partial charge is 0.164 e. The van der Waals surface area contributed by atoms with Gasteiger partial charge >= 0.3 is 0 Å². The number of sulfone groups is 1. The van der Waals surface area contributed by atoms with Crippen molar-refractivity contribution in [3.05, 3.63) is 0 Å². The highest BCUT2D eigenvalue weighted by molar-refractivity contribution is 8.00. The van der Waals surface area contributed by atoms with Gasteiger partial charge in [0.1, 0.15) is 5.37 Å². The maximum absolute atomic E-state index is 12.0. The van der Waals surface area contributed by atoms with Crippen LogP contribution in [0.25, 0.3) is 0 Å². The van der Waals surface area contributed by atoms with Crippen LogP contribution in [0, 0.1) is 5.41 Å². The van der Waals surface area contributed by atoms with Gasteiger partial charge in [-0.2, -0.15) is 11.8 Å². The number of nitrogens with zero attached hydrogens (tertiary/aromatic N) is 1. The minimum absolute atomic E-state index is 0.148. The van der Waals surface area contributed by atoms with Crippen molar-refractivity contribution in [2.24, 2.45) is 5.41 Å². The van der Waals surface area contributed by atoms with Crippen LogP contribution in [0.4, 0.5) is 0 Å². The summed E-state index contributed by atoms with van der Waals surface area (Å²) in [4.78, 5) is 2.20. The van der Waals surface area contributed by atoms with Crippen LogP contribution in [0.15, 0.2) is 0 Å². The van der Waals surface area contributed by atoms with E-state index >= 15 is 0 Å². The molecule has 0 saturated carbocycles. The SMILES string of the molecule is CCCNCC(C)(CCC)CN1CCSCC1S(C)(=O)=O. The third-order valence-corrected chi connectivity index (χ3v) is 6.79. The van der Waals surface area contributed by atoms with Crippen molar-refractivity contribution in [3.8, 4) is 0 Å². The second-order valence-electron chi connectivity index (χ2n) is 6.57. The van der Waals surface area contributed by atoms with E-state index in [0.717, 1.165) is 51.2 Å². The van der Waals surface area contributed by atoms with Crippen LogP contribution in [0.3, 0.4) is 0 Å². The van der Waals surface area contributed by atoms with Gasteiger partial charge in [-0.3, -0.25) is 4.90 Å². The maximum Gasteiger partial charge on any atom is 0.164 e. The molecule has 0 aliphatic carbocycles. The summed E-state index contributed by atoms with van der Waals surface area (Å²) in [5.41, 5.74) is 0.148. The van der Waals surface area contributed by atoms with Crippen molar-refractivity contribution in [3.63, 3.8) is 0 Å². The molecule has 0 amide bonds. The fourth-order valence-corrected chi connectivity index (χ4v) is 6.02. The van der Waals surface area contributed by atoms with Crippen LogP contribution in [0.2, 0.25) is 0 Å². The molecule has 1 aliphatic rings. The quantitative estimate of drug-likeness (QED) is 0.654. The van der Waals surface area contributed by atoms with Crippen molar-refractivity contribution in [1.29, 1.82) is 0 Å². The van der Waals surface area contributed by atoms with E-state index in [1.807, 2.05) is 0 Å². The molecule has 1 rings (SSSR count).